The topological polar surface area (TPSA) is 77.8 Å². The average molecular weight is 306 g/mol. The molecule has 1 aromatic rings. The van der Waals surface area contributed by atoms with Gasteiger partial charge in [-0.05, 0) is 18.2 Å². The molecule has 104 valence electrons. The van der Waals surface area contributed by atoms with E-state index in [1.54, 1.807) is 23.1 Å². The highest BCUT2D eigenvalue weighted by molar-refractivity contribution is 6.35. The average Bonchev–Trinajstić information content (AvgIpc) is 2.32. The van der Waals surface area contributed by atoms with Crippen molar-refractivity contribution in [3.05, 3.63) is 28.2 Å². The predicted octanol–water partition coefficient (Wildman–Crippen LogP) is 2.75. The Labute approximate surface area is 120 Å². The molecule has 1 aromatic carbocycles. The Bertz CT molecular complexity index is 461. The van der Waals surface area contributed by atoms with Crippen molar-refractivity contribution in [1.29, 1.82) is 0 Å². The van der Waals surface area contributed by atoms with Crippen LogP contribution in [0.3, 0.4) is 0 Å². The maximum absolute atomic E-state index is 10.6. The monoisotopic (exact) mass is 305 g/mol. The highest BCUT2D eigenvalue weighted by Crippen LogP contribution is 2.29. The van der Waals surface area contributed by atoms with Crippen molar-refractivity contribution in [2.75, 3.05) is 18.0 Å². The number of rotatable bonds is 7. The summed E-state index contributed by atoms with van der Waals surface area (Å²) in [5, 5.41) is 18.3. The molecule has 0 heterocycles. The summed E-state index contributed by atoms with van der Waals surface area (Å²) < 4.78 is 0. The lowest BCUT2D eigenvalue weighted by Crippen LogP contribution is -2.29. The molecule has 0 atom stereocenters. The highest BCUT2D eigenvalue weighted by Gasteiger charge is 2.14. The smallest absolute Gasteiger partial charge is 0.305 e. The van der Waals surface area contributed by atoms with Gasteiger partial charge in [-0.25, -0.2) is 0 Å². The van der Waals surface area contributed by atoms with Crippen LogP contribution in [0.4, 0.5) is 5.69 Å². The summed E-state index contributed by atoms with van der Waals surface area (Å²) in [5.74, 6) is -1.92. The van der Waals surface area contributed by atoms with Crippen molar-refractivity contribution in [2.45, 2.75) is 12.8 Å². The summed E-state index contributed by atoms with van der Waals surface area (Å²) in [7, 11) is 0. The molecular formula is C12H13Cl2NO4. The molecule has 0 aromatic heterocycles. The summed E-state index contributed by atoms with van der Waals surface area (Å²) in [4.78, 5) is 22.9. The molecule has 1 rings (SSSR count). The second-order valence-corrected chi connectivity index (χ2v) is 4.71. The molecule has 0 unspecified atom stereocenters. The van der Waals surface area contributed by atoms with Crippen LogP contribution in [0.2, 0.25) is 10.0 Å². The van der Waals surface area contributed by atoms with Crippen molar-refractivity contribution in [2.24, 2.45) is 0 Å². The Morgan fingerprint density at radius 3 is 2.05 bits per heavy atom. The minimum atomic E-state index is -0.960. The fourth-order valence-corrected chi connectivity index (χ4v) is 1.95. The third kappa shape index (κ3) is 5.36. The van der Waals surface area contributed by atoms with Gasteiger partial charge in [0.05, 0.1) is 23.6 Å². The molecule has 19 heavy (non-hydrogen) atoms. The van der Waals surface area contributed by atoms with Gasteiger partial charge in [0.25, 0.3) is 0 Å². The summed E-state index contributed by atoms with van der Waals surface area (Å²) in [5.41, 5.74) is 0.539. The number of carboxylic acid groups (broad SMARTS) is 2. The minimum absolute atomic E-state index is 0.109. The Balaban J connectivity index is 2.89. The molecular weight excluding hydrogens is 293 g/mol. The molecule has 0 aliphatic heterocycles. The van der Waals surface area contributed by atoms with Gasteiger partial charge in [-0.15, -0.1) is 0 Å². The fourth-order valence-electron chi connectivity index (χ4n) is 1.54. The third-order valence-corrected chi connectivity index (χ3v) is 2.99. The third-order valence-electron chi connectivity index (χ3n) is 2.44. The predicted molar refractivity (Wildman–Crippen MR) is 73.2 cm³/mol. The van der Waals surface area contributed by atoms with E-state index in [9.17, 15) is 9.59 Å². The number of aliphatic carboxylic acids is 2. The first-order chi connectivity index (χ1) is 8.90. The Morgan fingerprint density at radius 2 is 1.58 bits per heavy atom. The summed E-state index contributed by atoms with van der Waals surface area (Å²) in [6, 6.07) is 4.79. The van der Waals surface area contributed by atoms with Gasteiger partial charge in [0.2, 0.25) is 0 Å². The Hall–Kier alpha value is -1.46. The van der Waals surface area contributed by atoms with Crippen LogP contribution >= 0.6 is 23.2 Å². The molecule has 0 amide bonds. The van der Waals surface area contributed by atoms with E-state index in [1.165, 1.54) is 0 Å². The molecule has 0 aliphatic carbocycles. The van der Waals surface area contributed by atoms with Crippen molar-refractivity contribution in [3.63, 3.8) is 0 Å². The van der Waals surface area contributed by atoms with Gasteiger partial charge < -0.3 is 15.1 Å². The zero-order chi connectivity index (χ0) is 14.4. The van der Waals surface area contributed by atoms with Gasteiger partial charge in [0.15, 0.2) is 0 Å². The van der Waals surface area contributed by atoms with E-state index in [4.69, 9.17) is 33.4 Å². The SMILES string of the molecule is O=C(O)CCN(CCC(=O)O)c1cc(Cl)ccc1Cl. The fraction of sp³-hybridized carbons (Fsp3) is 0.333. The zero-order valence-electron chi connectivity index (χ0n) is 9.97. The summed E-state index contributed by atoms with van der Waals surface area (Å²) in [6.45, 7) is 0.339. The van der Waals surface area contributed by atoms with Crippen molar-refractivity contribution >= 4 is 40.8 Å². The second-order valence-electron chi connectivity index (χ2n) is 3.87. The van der Waals surface area contributed by atoms with Crippen molar-refractivity contribution < 1.29 is 19.8 Å². The van der Waals surface area contributed by atoms with Crippen LogP contribution in [-0.2, 0) is 9.59 Å². The van der Waals surface area contributed by atoms with Gasteiger partial charge in [-0.2, -0.15) is 0 Å². The lowest BCUT2D eigenvalue weighted by Gasteiger charge is -2.24. The number of benzene rings is 1. The number of anilines is 1. The number of halogens is 2. The Kier molecular flexibility index (Phi) is 5.92. The zero-order valence-corrected chi connectivity index (χ0v) is 11.5. The number of carbonyl (C=O) groups is 2. The first kappa shape index (κ1) is 15.6. The first-order valence-electron chi connectivity index (χ1n) is 5.53. The molecule has 0 saturated heterocycles. The summed E-state index contributed by atoms with van der Waals surface area (Å²) in [6.07, 6.45) is -0.217. The minimum Gasteiger partial charge on any atom is -0.481 e. The molecule has 0 saturated carbocycles. The van der Waals surface area contributed by atoms with Gasteiger partial charge in [-0.3, -0.25) is 9.59 Å². The van der Waals surface area contributed by atoms with E-state index < -0.39 is 11.9 Å². The van der Waals surface area contributed by atoms with Gasteiger partial charge in [0, 0.05) is 18.1 Å². The molecule has 0 radical (unpaired) electrons. The van der Waals surface area contributed by atoms with E-state index in [0.29, 0.717) is 15.7 Å². The largest absolute Gasteiger partial charge is 0.481 e. The molecule has 0 spiro atoms. The molecule has 7 heteroatoms. The van der Waals surface area contributed by atoms with Crippen LogP contribution in [0.1, 0.15) is 12.8 Å². The molecule has 5 nitrogen and oxygen atoms in total. The van der Waals surface area contributed by atoms with Crippen molar-refractivity contribution in [3.8, 4) is 0 Å². The molecule has 0 bridgehead atoms. The Morgan fingerprint density at radius 1 is 1.05 bits per heavy atom. The first-order valence-corrected chi connectivity index (χ1v) is 6.29. The molecule has 0 aliphatic rings. The number of nitrogens with zero attached hydrogens (tertiary/aromatic N) is 1. The standard InChI is InChI=1S/C12H13Cl2NO4/c13-8-1-2-9(14)10(7-8)15(5-3-11(16)17)6-4-12(18)19/h1-2,7H,3-6H2,(H,16,17)(H,18,19). The van der Waals surface area contributed by atoms with Gasteiger partial charge in [0.1, 0.15) is 0 Å². The van der Waals surface area contributed by atoms with E-state index >= 15 is 0 Å². The molecule has 0 fully saturated rings. The van der Waals surface area contributed by atoms with E-state index in [1.807, 2.05) is 0 Å². The van der Waals surface area contributed by atoms with Crippen LogP contribution in [-0.4, -0.2) is 35.2 Å². The van der Waals surface area contributed by atoms with Crippen LogP contribution in [0.15, 0.2) is 18.2 Å². The van der Waals surface area contributed by atoms with Gasteiger partial charge >= 0.3 is 11.9 Å². The highest BCUT2D eigenvalue weighted by atomic mass is 35.5. The second kappa shape index (κ2) is 7.21. The maximum atomic E-state index is 10.6. The summed E-state index contributed by atoms with van der Waals surface area (Å²) >= 11 is 11.9. The quantitative estimate of drug-likeness (QED) is 0.810. The lowest BCUT2D eigenvalue weighted by molar-refractivity contribution is -0.137. The van der Waals surface area contributed by atoms with E-state index in [0.717, 1.165) is 0 Å². The van der Waals surface area contributed by atoms with Gasteiger partial charge in [-0.1, -0.05) is 23.2 Å². The van der Waals surface area contributed by atoms with Crippen LogP contribution in [0.5, 0.6) is 0 Å². The van der Waals surface area contributed by atoms with Crippen LogP contribution in [0, 0.1) is 0 Å². The van der Waals surface area contributed by atoms with Crippen molar-refractivity contribution in [1.82, 2.24) is 0 Å². The number of carboxylic acids is 2. The normalized spacial score (nSPS) is 10.2. The molecule has 2 N–H and O–H groups in total. The van der Waals surface area contributed by atoms with Crippen LogP contribution in [0.25, 0.3) is 0 Å². The van der Waals surface area contributed by atoms with Crippen LogP contribution < -0.4 is 4.90 Å². The lowest BCUT2D eigenvalue weighted by atomic mass is 10.2. The number of hydrogen-bond donors (Lipinski definition) is 2. The number of hydrogen-bond acceptors (Lipinski definition) is 3. The maximum Gasteiger partial charge on any atom is 0.305 e. The van der Waals surface area contributed by atoms with E-state index in [2.05, 4.69) is 0 Å². The van der Waals surface area contributed by atoms with E-state index in [-0.39, 0.29) is 25.9 Å².